The molecular weight excluding hydrogens is 430 g/mol. The van der Waals surface area contributed by atoms with Crippen LogP contribution in [0, 0.1) is 12.8 Å². The number of oxazole rings is 1. The zero-order valence-corrected chi connectivity index (χ0v) is 19.3. The van der Waals surface area contributed by atoms with Gasteiger partial charge in [0.25, 0.3) is 10.0 Å². The van der Waals surface area contributed by atoms with Crippen LogP contribution < -0.4 is 14.8 Å². The van der Waals surface area contributed by atoms with Crippen LogP contribution in [0.25, 0.3) is 11.5 Å². The van der Waals surface area contributed by atoms with Crippen molar-refractivity contribution in [3.63, 3.8) is 0 Å². The number of sulfonamides is 1. The topological polar surface area (TPSA) is 111 Å². The zero-order valence-electron chi connectivity index (χ0n) is 18.5. The molecule has 9 heteroatoms. The first kappa shape index (κ1) is 23.3. The second-order valence-electron chi connectivity index (χ2n) is 7.41. The minimum atomic E-state index is -3.77. The SMILES string of the molecule is CCC(C)C(=O)NCc1nc(-c2cccc(NS(=O)(=O)c3ccc(OC)cc3)c2)oc1C. The van der Waals surface area contributed by atoms with Crippen LogP contribution in [0.2, 0.25) is 0 Å². The molecule has 3 rings (SSSR count). The summed E-state index contributed by atoms with van der Waals surface area (Å²) in [5.41, 5.74) is 1.61. The highest BCUT2D eigenvalue weighted by Crippen LogP contribution is 2.26. The van der Waals surface area contributed by atoms with Crippen molar-refractivity contribution < 1.29 is 22.4 Å². The highest BCUT2D eigenvalue weighted by molar-refractivity contribution is 7.92. The number of carbonyl (C=O) groups is 1. The monoisotopic (exact) mass is 457 g/mol. The van der Waals surface area contributed by atoms with Gasteiger partial charge in [0, 0.05) is 17.2 Å². The van der Waals surface area contributed by atoms with Gasteiger partial charge in [-0.2, -0.15) is 0 Å². The van der Waals surface area contributed by atoms with Crippen molar-refractivity contribution in [3.05, 3.63) is 60.0 Å². The maximum Gasteiger partial charge on any atom is 0.261 e. The average molecular weight is 458 g/mol. The van der Waals surface area contributed by atoms with Gasteiger partial charge in [-0.25, -0.2) is 13.4 Å². The van der Waals surface area contributed by atoms with Crippen molar-refractivity contribution in [3.8, 4) is 17.2 Å². The summed E-state index contributed by atoms with van der Waals surface area (Å²) in [6.45, 7) is 5.87. The van der Waals surface area contributed by atoms with Gasteiger partial charge in [0.05, 0.1) is 18.6 Å². The lowest BCUT2D eigenvalue weighted by Gasteiger charge is -2.09. The van der Waals surface area contributed by atoms with Crippen LogP contribution in [-0.4, -0.2) is 26.4 Å². The predicted octanol–water partition coefficient (Wildman–Crippen LogP) is 4.12. The Kier molecular flexibility index (Phi) is 7.19. The van der Waals surface area contributed by atoms with E-state index in [2.05, 4.69) is 15.0 Å². The van der Waals surface area contributed by atoms with Crippen LogP contribution in [-0.2, 0) is 21.4 Å². The van der Waals surface area contributed by atoms with Crippen LogP contribution in [0.3, 0.4) is 0 Å². The molecule has 0 saturated heterocycles. The largest absolute Gasteiger partial charge is 0.497 e. The summed E-state index contributed by atoms with van der Waals surface area (Å²) in [5.74, 6) is 1.40. The van der Waals surface area contributed by atoms with Crippen LogP contribution in [0.4, 0.5) is 5.69 Å². The standard InChI is InChI=1S/C23H27N3O5S/c1-5-15(2)22(27)24-14-21-16(3)31-23(25-21)17-7-6-8-18(13-17)26-32(28,29)20-11-9-19(30-4)10-12-20/h6-13,15,26H,5,14H2,1-4H3,(H,24,27). The van der Waals surface area contributed by atoms with E-state index in [1.54, 1.807) is 43.3 Å². The molecule has 0 saturated carbocycles. The van der Waals surface area contributed by atoms with E-state index in [0.29, 0.717) is 34.3 Å². The second kappa shape index (κ2) is 9.86. The fourth-order valence-electron chi connectivity index (χ4n) is 2.93. The third kappa shape index (κ3) is 5.47. The Morgan fingerprint density at radius 2 is 1.91 bits per heavy atom. The highest BCUT2D eigenvalue weighted by Gasteiger charge is 2.17. The summed E-state index contributed by atoms with van der Waals surface area (Å²) in [6.07, 6.45) is 0.758. The minimum Gasteiger partial charge on any atom is -0.497 e. The molecule has 1 atom stereocenters. The van der Waals surface area contributed by atoms with Gasteiger partial charge >= 0.3 is 0 Å². The molecule has 8 nitrogen and oxygen atoms in total. The summed E-state index contributed by atoms with van der Waals surface area (Å²) < 4.78 is 38.8. The molecule has 0 radical (unpaired) electrons. The number of carbonyl (C=O) groups excluding carboxylic acids is 1. The number of nitrogens with one attached hydrogen (secondary N) is 2. The highest BCUT2D eigenvalue weighted by atomic mass is 32.2. The summed E-state index contributed by atoms with van der Waals surface area (Å²) in [4.78, 5) is 16.6. The molecule has 0 fully saturated rings. The van der Waals surface area contributed by atoms with E-state index in [9.17, 15) is 13.2 Å². The fraction of sp³-hybridized carbons (Fsp3) is 0.304. The van der Waals surface area contributed by atoms with Crippen LogP contribution in [0.5, 0.6) is 5.75 Å². The number of ether oxygens (including phenoxy) is 1. The van der Waals surface area contributed by atoms with Crippen LogP contribution in [0.1, 0.15) is 31.7 Å². The Bertz CT molecular complexity index is 1190. The van der Waals surface area contributed by atoms with Gasteiger partial charge in [0.2, 0.25) is 11.8 Å². The van der Waals surface area contributed by atoms with E-state index >= 15 is 0 Å². The van der Waals surface area contributed by atoms with Crippen molar-refractivity contribution in [2.75, 3.05) is 11.8 Å². The van der Waals surface area contributed by atoms with Gasteiger partial charge in [-0.05, 0) is 55.8 Å². The van der Waals surface area contributed by atoms with E-state index in [-0.39, 0.29) is 23.3 Å². The molecule has 0 aliphatic rings. The first-order valence-electron chi connectivity index (χ1n) is 10.2. The Hall–Kier alpha value is -3.33. The van der Waals surface area contributed by atoms with Crippen LogP contribution in [0.15, 0.2) is 57.8 Å². The first-order chi connectivity index (χ1) is 15.2. The van der Waals surface area contributed by atoms with Crippen molar-refractivity contribution >= 4 is 21.6 Å². The molecule has 1 amide bonds. The molecule has 0 spiro atoms. The number of rotatable bonds is 9. The lowest BCUT2D eigenvalue weighted by Crippen LogP contribution is -2.28. The van der Waals surface area contributed by atoms with Gasteiger partial charge in [-0.1, -0.05) is 19.9 Å². The third-order valence-electron chi connectivity index (χ3n) is 5.11. The number of benzene rings is 2. The number of anilines is 1. The Morgan fingerprint density at radius 1 is 1.19 bits per heavy atom. The van der Waals surface area contributed by atoms with Gasteiger partial charge in [0.1, 0.15) is 17.2 Å². The first-order valence-corrected chi connectivity index (χ1v) is 11.7. The summed E-state index contributed by atoms with van der Waals surface area (Å²) >= 11 is 0. The van der Waals surface area contributed by atoms with E-state index in [4.69, 9.17) is 9.15 Å². The van der Waals surface area contributed by atoms with E-state index in [1.165, 1.54) is 19.2 Å². The lowest BCUT2D eigenvalue weighted by atomic mass is 10.1. The molecule has 1 heterocycles. The number of hydrogen-bond donors (Lipinski definition) is 2. The average Bonchev–Trinajstić information content (AvgIpc) is 3.17. The smallest absolute Gasteiger partial charge is 0.261 e. The molecule has 3 aromatic rings. The molecule has 170 valence electrons. The number of hydrogen-bond acceptors (Lipinski definition) is 6. The molecule has 0 bridgehead atoms. The van der Waals surface area contributed by atoms with Gasteiger partial charge in [-0.3, -0.25) is 9.52 Å². The number of methoxy groups -OCH3 is 1. The van der Waals surface area contributed by atoms with E-state index in [0.717, 1.165) is 6.42 Å². The predicted molar refractivity (Wildman–Crippen MR) is 122 cm³/mol. The fourth-order valence-corrected chi connectivity index (χ4v) is 3.98. The molecule has 32 heavy (non-hydrogen) atoms. The Balaban J connectivity index is 1.76. The second-order valence-corrected chi connectivity index (χ2v) is 9.09. The Morgan fingerprint density at radius 3 is 2.56 bits per heavy atom. The normalized spacial score (nSPS) is 12.2. The molecule has 1 aromatic heterocycles. The maximum absolute atomic E-state index is 12.7. The van der Waals surface area contributed by atoms with E-state index in [1.807, 2.05) is 13.8 Å². The molecule has 2 aromatic carbocycles. The van der Waals surface area contributed by atoms with Gasteiger partial charge in [-0.15, -0.1) is 0 Å². The van der Waals surface area contributed by atoms with Crippen molar-refractivity contribution in [2.45, 2.75) is 38.6 Å². The number of nitrogens with zero attached hydrogens (tertiary/aromatic N) is 1. The van der Waals surface area contributed by atoms with Gasteiger partial charge in [0.15, 0.2) is 0 Å². The Labute approximate surface area is 188 Å². The summed E-state index contributed by atoms with van der Waals surface area (Å²) in [6, 6.07) is 12.9. The van der Waals surface area contributed by atoms with Crippen molar-refractivity contribution in [1.29, 1.82) is 0 Å². The molecule has 2 N–H and O–H groups in total. The molecule has 0 aliphatic heterocycles. The lowest BCUT2D eigenvalue weighted by molar-refractivity contribution is -0.124. The quantitative estimate of drug-likeness (QED) is 0.500. The maximum atomic E-state index is 12.7. The molecular formula is C23H27N3O5S. The summed E-state index contributed by atoms with van der Waals surface area (Å²) in [7, 11) is -2.26. The van der Waals surface area contributed by atoms with E-state index < -0.39 is 10.0 Å². The van der Waals surface area contributed by atoms with Crippen molar-refractivity contribution in [1.82, 2.24) is 10.3 Å². The molecule has 0 aliphatic carbocycles. The minimum absolute atomic E-state index is 0.0358. The van der Waals surface area contributed by atoms with Crippen molar-refractivity contribution in [2.24, 2.45) is 5.92 Å². The van der Waals surface area contributed by atoms with Crippen LogP contribution >= 0.6 is 0 Å². The molecule has 1 unspecified atom stereocenters. The number of aryl methyl sites for hydroxylation is 1. The zero-order chi connectivity index (χ0) is 23.3. The summed E-state index contributed by atoms with van der Waals surface area (Å²) in [5, 5.41) is 2.86. The van der Waals surface area contributed by atoms with Gasteiger partial charge < -0.3 is 14.5 Å². The number of aromatic nitrogens is 1. The third-order valence-corrected chi connectivity index (χ3v) is 6.51. The number of amides is 1.